The molecule has 0 aromatic heterocycles. The van der Waals surface area contributed by atoms with Crippen LogP contribution in [0.2, 0.25) is 0 Å². The summed E-state index contributed by atoms with van der Waals surface area (Å²) in [4.78, 5) is 3.62. The number of anilines is 2. The summed E-state index contributed by atoms with van der Waals surface area (Å²) in [5.41, 5.74) is 20.1. The molecule has 1 aliphatic heterocycles. The van der Waals surface area contributed by atoms with E-state index in [1.807, 2.05) is 18.2 Å². The highest BCUT2D eigenvalue weighted by atomic mass is 32.2. The molecule has 3 aliphatic rings. The van der Waals surface area contributed by atoms with Crippen molar-refractivity contribution in [3.05, 3.63) is 215 Å². The maximum Gasteiger partial charge on any atom is 0.0540 e. The van der Waals surface area contributed by atoms with E-state index in [1.54, 1.807) is 11.8 Å². The molecule has 1 heterocycles. The summed E-state index contributed by atoms with van der Waals surface area (Å²) >= 11 is 1.74. The molecule has 2 aliphatic carbocycles. The minimum absolute atomic E-state index is 0.725. The monoisotopic (exact) mass is 667 g/mol. The number of hydrogen-bond acceptors (Lipinski definition) is 4. The lowest BCUT2D eigenvalue weighted by Crippen LogP contribution is -2.23. The number of benzene rings is 4. The average Bonchev–Trinajstić information content (AvgIpc) is 3.63. The number of rotatable bonds is 10. The maximum absolute atomic E-state index is 6.82. The van der Waals surface area contributed by atoms with Crippen molar-refractivity contribution in [1.82, 2.24) is 0 Å². The van der Waals surface area contributed by atoms with Crippen molar-refractivity contribution in [2.24, 2.45) is 5.73 Å². The predicted octanol–water partition coefficient (Wildman–Crippen LogP) is 11.8. The molecule has 0 atom stereocenters. The summed E-state index contributed by atoms with van der Waals surface area (Å²) in [6.07, 6.45) is 25.3. The lowest BCUT2D eigenvalue weighted by Gasteiger charge is -2.33. The van der Waals surface area contributed by atoms with Gasteiger partial charge in [0.05, 0.1) is 11.4 Å². The van der Waals surface area contributed by atoms with Gasteiger partial charge in [-0.05, 0) is 101 Å². The Kier molecular flexibility index (Phi) is 10.3. The number of thioether (sulfide) groups is 1. The van der Waals surface area contributed by atoms with E-state index in [0.29, 0.717) is 0 Å². The number of allylic oxidation sites excluding steroid dienone is 13. The molecule has 0 spiro atoms. The van der Waals surface area contributed by atoms with E-state index >= 15 is 0 Å². The van der Waals surface area contributed by atoms with Crippen LogP contribution in [0.3, 0.4) is 0 Å². The topological polar surface area (TPSA) is 41.3 Å². The first-order valence-corrected chi connectivity index (χ1v) is 18.0. The Morgan fingerprint density at radius 3 is 2.48 bits per heavy atom. The van der Waals surface area contributed by atoms with Crippen molar-refractivity contribution in [2.45, 2.75) is 30.6 Å². The fraction of sp³-hybridized carbons (Fsp3) is 0.0870. The van der Waals surface area contributed by atoms with Crippen LogP contribution >= 0.6 is 11.8 Å². The molecule has 4 heteroatoms. The van der Waals surface area contributed by atoms with Gasteiger partial charge in [-0.15, -0.1) is 0 Å². The highest BCUT2D eigenvalue weighted by Gasteiger charge is 2.24. The summed E-state index contributed by atoms with van der Waals surface area (Å²) in [6.45, 7) is 4.43. The van der Waals surface area contributed by atoms with Crippen molar-refractivity contribution in [1.29, 1.82) is 0 Å². The molecule has 0 saturated carbocycles. The Hall–Kier alpha value is -5.71. The minimum atomic E-state index is 0.725. The van der Waals surface area contributed by atoms with Gasteiger partial charge < -0.3 is 16.0 Å². The smallest absolute Gasteiger partial charge is 0.0540 e. The van der Waals surface area contributed by atoms with Crippen molar-refractivity contribution >= 4 is 40.0 Å². The molecule has 0 saturated heterocycles. The van der Waals surface area contributed by atoms with Gasteiger partial charge >= 0.3 is 0 Å². The number of nitrogens with one attached hydrogen (secondary N) is 1. The first-order valence-electron chi connectivity index (χ1n) is 17.1. The van der Waals surface area contributed by atoms with Crippen molar-refractivity contribution in [3.8, 4) is 0 Å². The van der Waals surface area contributed by atoms with Gasteiger partial charge in [-0.1, -0.05) is 134 Å². The van der Waals surface area contributed by atoms with Crippen LogP contribution in [0.4, 0.5) is 11.4 Å². The largest absolute Gasteiger partial charge is 0.398 e. The number of fused-ring (bicyclic) bond motifs is 1. The molecule has 246 valence electrons. The van der Waals surface area contributed by atoms with Gasteiger partial charge in [0.2, 0.25) is 0 Å². The zero-order valence-corrected chi connectivity index (χ0v) is 29.0. The highest BCUT2D eigenvalue weighted by Crippen LogP contribution is 2.42. The normalized spacial score (nSPS) is 17.5. The fourth-order valence-electron chi connectivity index (χ4n) is 6.39. The Labute approximate surface area is 300 Å². The standard InChI is InChI=1S/C46H41N3S/c1-34-25-29-41(33-50-46-24-14-12-22-42(34)46)49(40-20-9-4-10-21-40)45-32-37(44(47)23-13-11-17-35-15-5-2-6-16-35)27-30-43(45)36-26-28-39(31-36)48-38-18-7-3-8-19-38/h2-9,11-16,18-20,22-30,32-33,48H,1,10,17,21,31,47H2/b13-11-,29-25-,41-33+,44-23-. The predicted molar refractivity (Wildman–Crippen MR) is 216 cm³/mol. The Morgan fingerprint density at radius 2 is 1.66 bits per heavy atom. The summed E-state index contributed by atoms with van der Waals surface area (Å²) in [7, 11) is 0. The van der Waals surface area contributed by atoms with Gasteiger partial charge in [0.25, 0.3) is 0 Å². The van der Waals surface area contributed by atoms with Gasteiger partial charge in [0.15, 0.2) is 0 Å². The number of nitrogens with zero attached hydrogens (tertiary/aromatic N) is 1. The van der Waals surface area contributed by atoms with E-state index in [9.17, 15) is 0 Å². The Bertz CT molecular complexity index is 2120. The second-order valence-electron chi connectivity index (χ2n) is 12.5. The minimum Gasteiger partial charge on any atom is -0.398 e. The molecule has 0 amide bonds. The van der Waals surface area contributed by atoms with Crippen molar-refractivity contribution < 1.29 is 0 Å². The third-order valence-electron chi connectivity index (χ3n) is 9.00. The Morgan fingerprint density at radius 1 is 0.860 bits per heavy atom. The second kappa shape index (κ2) is 15.7. The van der Waals surface area contributed by atoms with E-state index in [-0.39, 0.29) is 0 Å². The zero-order valence-electron chi connectivity index (χ0n) is 28.1. The number of nitrogens with two attached hydrogens (primary N) is 1. The van der Waals surface area contributed by atoms with Gasteiger partial charge in [-0.25, -0.2) is 0 Å². The second-order valence-corrected chi connectivity index (χ2v) is 13.4. The Balaban J connectivity index is 1.28. The summed E-state index contributed by atoms with van der Waals surface area (Å²) < 4.78 is 0. The van der Waals surface area contributed by atoms with Gasteiger partial charge in [-0.3, -0.25) is 0 Å². The van der Waals surface area contributed by atoms with Crippen LogP contribution in [0.1, 0.15) is 41.5 Å². The summed E-state index contributed by atoms with van der Waals surface area (Å²) in [5.74, 6) is 0. The highest BCUT2D eigenvalue weighted by molar-refractivity contribution is 8.02. The molecular weight excluding hydrogens is 627 g/mol. The molecule has 4 aromatic rings. The van der Waals surface area contributed by atoms with E-state index in [1.165, 1.54) is 33.0 Å². The molecule has 3 N–H and O–H groups in total. The summed E-state index contributed by atoms with van der Waals surface area (Å²) in [5, 5.41) is 5.89. The molecule has 0 bridgehead atoms. The van der Waals surface area contributed by atoms with Crippen LogP contribution in [0, 0.1) is 0 Å². The quantitative estimate of drug-likeness (QED) is 0.165. The van der Waals surface area contributed by atoms with E-state index < -0.39 is 0 Å². The molecule has 7 rings (SSSR count). The number of para-hydroxylation sites is 1. The third kappa shape index (κ3) is 7.78. The van der Waals surface area contributed by atoms with E-state index in [0.717, 1.165) is 65.2 Å². The molecule has 0 radical (unpaired) electrons. The van der Waals surface area contributed by atoms with Crippen LogP contribution in [0.5, 0.6) is 0 Å². The van der Waals surface area contributed by atoms with E-state index in [4.69, 9.17) is 5.73 Å². The van der Waals surface area contributed by atoms with Crippen LogP contribution in [0.25, 0.3) is 16.8 Å². The lowest BCUT2D eigenvalue weighted by molar-refractivity contribution is 0.901. The molecule has 50 heavy (non-hydrogen) atoms. The first-order chi connectivity index (χ1) is 24.6. The first kappa shape index (κ1) is 32.8. The van der Waals surface area contributed by atoms with Gasteiger partial charge in [-0.2, -0.15) is 0 Å². The van der Waals surface area contributed by atoms with Crippen LogP contribution in [-0.4, -0.2) is 0 Å². The molecule has 0 fully saturated rings. The fourth-order valence-corrected chi connectivity index (χ4v) is 7.31. The molecular formula is C46H41N3S. The SMILES string of the molecule is C=C1/C=C\C(N(C2=CC=CCC2)c2cc(/C(N)=C/C=C\Cc3ccccc3)ccc2C2=CC=C(Nc3ccccc3)C2)=C/Sc2ccccc21. The van der Waals surface area contributed by atoms with Crippen molar-refractivity contribution in [2.75, 3.05) is 10.2 Å². The zero-order chi connectivity index (χ0) is 34.1. The summed E-state index contributed by atoms with van der Waals surface area (Å²) in [6, 6.07) is 36.0. The average molecular weight is 668 g/mol. The third-order valence-corrected chi connectivity index (χ3v) is 9.97. The van der Waals surface area contributed by atoms with Crippen molar-refractivity contribution in [3.63, 3.8) is 0 Å². The van der Waals surface area contributed by atoms with Crippen LogP contribution < -0.4 is 16.0 Å². The molecule has 3 nitrogen and oxygen atoms in total. The number of hydrogen-bond donors (Lipinski definition) is 2. The maximum atomic E-state index is 6.82. The molecule has 0 unspecified atom stereocenters. The lowest BCUT2D eigenvalue weighted by atomic mass is 9.96. The molecule has 4 aromatic carbocycles. The van der Waals surface area contributed by atoms with Crippen LogP contribution in [-0.2, 0) is 6.42 Å². The van der Waals surface area contributed by atoms with Crippen LogP contribution in [0.15, 0.2) is 198 Å². The van der Waals surface area contributed by atoms with E-state index in [2.05, 4.69) is 168 Å². The van der Waals surface area contributed by atoms with Gasteiger partial charge in [0.1, 0.15) is 0 Å². The van der Waals surface area contributed by atoms with Gasteiger partial charge in [0, 0.05) is 39.7 Å².